The van der Waals surface area contributed by atoms with Gasteiger partial charge in [0.2, 0.25) is 5.78 Å². The highest BCUT2D eigenvalue weighted by molar-refractivity contribution is 7.21. The van der Waals surface area contributed by atoms with Crippen LogP contribution in [0.5, 0.6) is 17.2 Å². The summed E-state index contributed by atoms with van der Waals surface area (Å²) in [6, 6.07) is 12.9. The van der Waals surface area contributed by atoms with Crippen LogP contribution in [0, 0.1) is 26.6 Å². The Morgan fingerprint density at radius 3 is 2.41 bits per heavy atom. The third-order valence-electron chi connectivity index (χ3n) is 5.36. The predicted molar refractivity (Wildman–Crippen MR) is 130 cm³/mol. The number of phenolic OH excluding ortho intramolecular Hbond substituents is 1. The summed E-state index contributed by atoms with van der Waals surface area (Å²) in [5.41, 5.74) is 3.12. The Morgan fingerprint density at radius 2 is 1.74 bits per heavy atom. The minimum absolute atomic E-state index is 0.0818. The fourth-order valence-electron chi connectivity index (χ4n) is 3.85. The zero-order valence-corrected chi connectivity index (χ0v) is 19.5. The Morgan fingerprint density at radius 1 is 1.00 bits per heavy atom. The number of thiophene rings is 1. The number of phenols is 1. The van der Waals surface area contributed by atoms with Gasteiger partial charge in [-0.2, -0.15) is 0 Å². The molecule has 0 radical (unpaired) electrons. The molecular weight excluding hydrogens is 455 g/mol. The summed E-state index contributed by atoms with van der Waals surface area (Å²) in [4.78, 5) is 24.3. The van der Waals surface area contributed by atoms with Crippen LogP contribution in [0.15, 0.2) is 54.8 Å². The molecule has 0 amide bonds. The van der Waals surface area contributed by atoms with E-state index in [-0.39, 0.29) is 11.5 Å². The SMILES string of the molecule is Cc1cc(/C=C/OC=O)ccc1Oc1c(C(=O)c2c(C)cc(F)cc2C)sc2cc(O)ccc12. The molecular formula is C27H21FO5S. The first kappa shape index (κ1) is 23.2. The first-order valence-corrected chi connectivity index (χ1v) is 11.2. The zero-order valence-electron chi connectivity index (χ0n) is 18.7. The van der Waals surface area contributed by atoms with Gasteiger partial charge in [0.05, 0.1) is 6.26 Å². The molecule has 1 aromatic heterocycles. The summed E-state index contributed by atoms with van der Waals surface area (Å²) in [5.74, 6) is 0.339. The van der Waals surface area contributed by atoms with E-state index in [0.29, 0.717) is 49.6 Å². The summed E-state index contributed by atoms with van der Waals surface area (Å²) >= 11 is 1.22. The van der Waals surface area contributed by atoms with Gasteiger partial charge in [-0.1, -0.05) is 6.07 Å². The lowest BCUT2D eigenvalue weighted by molar-refractivity contribution is -0.123. The number of ether oxygens (including phenoxy) is 2. The van der Waals surface area contributed by atoms with Crippen LogP contribution >= 0.6 is 11.3 Å². The van der Waals surface area contributed by atoms with E-state index in [4.69, 9.17) is 4.74 Å². The maximum Gasteiger partial charge on any atom is 0.297 e. The van der Waals surface area contributed by atoms with Gasteiger partial charge in [-0.3, -0.25) is 9.59 Å². The van der Waals surface area contributed by atoms with Gasteiger partial charge in [0.1, 0.15) is 22.2 Å². The Labute approximate surface area is 199 Å². The molecule has 0 unspecified atom stereocenters. The molecule has 1 N–H and O–H groups in total. The highest BCUT2D eigenvalue weighted by atomic mass is 32.1. The first-order valence-electron chi connectivity index (χ1n) is 10.4. The number of halogens is 1. The molecule has 0 spiro atoms. The minimum atomic E-state index is -0.396. The fourth-order valence-corrected chi connectivity index (χ4v) is 4.95. The molecule has 0 aliphatic carbocycles. The van der Waals surface area contributed by atoms with Crippen LogP contribution in [0.3, 0.4) is 0 Å². The van der Waals surface area contributed by atoms with E-state index in [1.807, 2.05) is 13.0 Å². The van der Waals surface area contributed by atoms with E-state index in [0.717, 1.165) is 11.1 Å². The second-order valence-electron chi connectivity index (χ2n) is 7.85. The second kappa shape index (κ2) is 9.49. The monoisotopic (exact) mass is 476 g/mol. The van der Waals surface area contributed by atoms with Gasteiger partial charge >= 0.3 is 0 Å². The van der Waals surface area contributed by atoms with E-state index in [1.54, 1.807) is 50.3 Å². The third-order valence-corrected chi connectivity index (χ3v) is 6.50. The van der Waals surface area contributed by atoms with Gasteiger partial charge in [0, 0.05) is 15.6 Å². The van der Waals surface area contributed by atoms with Crippen LogP contribution in [0.25, 0.3) is 16.2 Å². The lowest BCUT2D eigenvalue weighted by Gasteiger charge is -2.13. The smallest absolute Gasteiger partial charge is 0.297 e. The molecule has 0 bridgehead atoms. The highest BCUT2D eigenvalue weighted by Crippen LogP contribution is 2.43. The maximum absolute atomic E-state index is 13.8. The van der Waals surface area contributed by atoms with Crippen molar-refractivity contribution in [3.05, 3.63) is 93.3 Å². The summed E-state index contributed by atoms with van der Waals surface area (Å²) < 4.78 is 25.4. The van der Waals surface area contributed by atoms with Crippen molar-refractivity contribution in [3.63, 3.8) is 0 Å². The van der Waals surface area contributed by atoms with Crippen LogP contribution in [-0.4, -0.2) is 17.4 Å². The number of carbonyl (C=O) groups excluding carboxylic acids is 2. The molecule has 4 aromatic rings. The van der Waals surface area contributed by atoms with Crippen molar-refractivity contribution in [1.29, 1.82) is 0 Å². The van der Waals surface area contributed by atoms with Gasteiger partial charge in [-0.25, -0.2) is 4.39 Å². The average molecular weight is 477 g/mol. The molecule has 0 saturated carbocycles. The Bertz CT molecular complexity index is 1430. The number of carbonyl (C=O) groups is 2. The fraction of sp³-hybridized carbons (Fsp3) is 0.111. The zero-order chi connectivity index (χ0) is 24.4. The van der Waals surface area contributed by atoms with E-state index in [1.165, 1.54) is 29.7 Å². The lowest BCUT2D eigenvalue weighted by atomic mass is 9.97. The van der Waals surface area contributed by atoms with Crippen molar-refractivity contribution in [2.75, 3.05) is 0 Å². The van der Waals surface area contributed by atoms with Crippen molar-refractivity contribution in [1.82, 2.24) is 0 Å². The number of benzene rings is 3. The van der Waals surface area contributed by atoms with Gasteiger partial charge in [0.25, 0.3) is 6.47 Å². The summed E-state index contributed by atoms with van der Waals surface area (Å²) in [7, 11) is 0. The van der Waals surface area contributed by atoms with Gasteiger partial charge in [0.15, 0.2) is 5.75 Å². The summed E-state index contributed by atoms with van der Waals surface area (Å²) in [6.07, 6.45) is 2.92. The van der Waals surface area contributed by atoms with E-state index >= 15 is 0 Å². The number of aryl methyl sites for hydroxylation is 3. The molecule has 0 atom stereocenters. The molecule has 0 fully saturated rings. The molecule has 1 heterocycles. The summed E-state index contributed by atoms with van der Waals surface area (Å²) in [5, 5.41) is 10.6. The first-order chi connectivity index (χ1) is 16.3. The standard InChI is InChI=1S/C27H21FO5S/c1-15-10-18(8-9-32-14-29)4-7-22(15)33-26-21-6-5-20(30)13-23(21)34-27(26)25(31)24-16(2)11-19(28)12-17(24)3/h4-14,30H,1-3H3/b9-8+. The van der Waals surface area contributed by atoms with Crippen molar-refractivity contribution in [2.45, 2.75) is 20.8 Å². The van der Waals surface area contributed by atoms with Gasteiger partial charge < -0.3 is 14.6 Å². The number of aromatic hydroxyl groups is 1. The number of hydrogen-bond acceptors (Lipinski definition) is 6. The van der Waals surface area contributed by atoms with Crippen molar-refractivity contribution >= 4 is 39.8 Å². The topological polar surface area (TPSA) is 72.8 Å². The van der Waals surface area contributed by atoms with E-state index < -0.39 is 5.82 Å². The third kappa shape index (κ3) is 4.56. The van der Waals surface area contributed by atoms with E-state index in [2.05, 4.69) is 4.74 Å². The predicted octanol–water partition coefficient (Wildman–Crippen LogP) is 6.84. The molecule has 34 heavy (non-hydrogen) atoms. The molecule has 7 heteroatoms. The number of rotatable bonds is 7. The van der Waals surface area contributed by atoms with Crippen LogP contribution < -0.4 is 4.74 Å². The second-order valence-corrected chi connectivity index (χ2v) is 8.90. The van der Waals surface area contributed by atoms with Crippen LogP contribution in [0.2, 0.25) is 0 Å². The van der Waals surface area contributed by atoms with Gasteiger partial charge in [-0.05, 0) is 91.6 Å². The van der Waals surface area contributed by atoms with Crippen LogP contribution in [-0.2, 0) is 9.53 Å². The van der Waals surface area contributed by atoms with Gasteiger partial charge in [-0.15, -0.1) is 11.3 Å². The normalized spacial score (nSPS) is 11.2. The average Bonchev–Trinajstić information content (AvgIpc) is 3.12. The lowest BCUT2D eigenvalue weighted by Crippen LogP contribution is -2.06. The largest absolute Gasteiger partial charge is 0.508 e. The van der Waals surface area contributed by atoms with E-state index in [9.17, 15) is 19.1 Å². The Kier molecular flexibility index (Phi) is 6.47. The van der Waals surface area contributed by atoms with Crippen molar-refractivity contribution in [2.24, 2.45) is 0 Å². The minimum Gasteiger partial charge on any atom is -0.508 e. The molecule has 0 aliphatic rings. The molecule has 4 rings (SSSR count). The number of ketones is 1. The molecule has 0 saturated heterocycles. The quantitative estimate of drug-likeness (QED) is 0.180. The van der Waals surface area contributed by atoms with Crippen molar-refractivity contribution < 1.29 is 28.6 Å². The van der Waals surface area contributed by atoms with Crippen LogP contribution in [0.4, 0.5) is 4.39 Å². The summed E-state index contributed by atoms with van der Waals surface area (Å²) in [6.45, 7) is 5.61. The number of fused-ring (bicyclic) bond motifs is 1. The molecule has 172 valence electrons. The Balaban J connectivity index is 1.81. The van der Waals surface area contributed by atoms with Crippen LogP contribution in [0.1, 0.15) is 37.5 Å². The molecule has 3 aromatic carbocycles. The van der Waals surface area contributed by atoms with Crippen molar-refractivity contribution in [3.8, 4) is 17.2 Å². The molecule has 5 nitrogen and oxygen atoms in total. The maximum atomic E-state index is 13.8. The molecule has 0 aliphatic heterocycles. The Hall–Kier alpha value is -3.97. The highest BCUT2D eigenvalue weighted by Gasteiger charge is 2.25. The number of hydrogen-bond donors (Lipinski definition) is 1.